The quantitative estimate of drug-likeness (QED) is 0.281. The molecule has 0 aliphatic heterocycles. The first-order chi connectivity index (χ1) is 11.4. The molecule has 15 heteroatoms. The zero-order chi connectivity index (χ0) is 22.8. The number of allylic oxidation sites excluding steroid dienone is 4. The molecule has 1 rings (SSSR count). The zero-order valence-corrected chi connectivity index (χ0v) is 18.7. The second-order valence-corrected chi connectivity index (χ2v) is 9.77. The van der Waals surface area contributed by atoms with Crippen molar-refractivity contribution in [2.75, 3.05) is 0 Å². The Morgan fingerprint density at radius 2 is 1.00 bits per heavy atom. The van der Waals surface area contributed by atoms with E-state index < -0.39 is 31.3 Å². The van der Waals surface area contributed by atoms with Crippen LogP contribution in [0.5, 0.6) is 0 Å². The normalized spacial score (nSPS) is 17.8. The number of hydrogen-bond donors (Lipinski definition) is 2. The molecule has 0 radical (unpaired) electrons. The summed E-state index contributed by atoms with van der Waals surface area (Å²) in [6.07, 6.45) is 0. The summed E-state index contributed by atoms with van der Waals surface area (Å²) in [4.78, 5) is 0. The molecule has 0 saturated heterocycles. The van der Waals surface area contributed by atoms with E-state index in [9.17, 15) is 26.3 Å². The van der Waals surface area contributed by atoms with Gasteiger partial charge in [-0.05, 0) is 0 Å². The Morgan fingerprint density at radius 3 is 1.04 bits per heavy atom. The number of halogens is 6. The molecule has 159 valence electrons. The van der Waals surface area contributed by atoms with E-state index in [0.29, 0.717) is 5.41 Å². The van der Waals surface area contributed by atoms with Crippen LogP contribution in [-0.4, -0.2) is 37.0 Å². The van der Waals surface area contributed by atoms with Crippen molar-refractivity contribution in [2.24, 2.45) is 5.41 Å². The zero-order valence-electron chi connectivity index (χ0n) is 14.6. The number of rotatable bonds is 0. The summed E-state index contributed by atoms with van der Waals surface area (Å²) >= 11 is 1.57. The number of hydrogen-bond acceptors (Lipinski definition) is 4. The van der Waals surface area contributed by atoms with Crippen molar-refractivity contribution in [3.63, 3.8) is 0 Å². The van der Waals surface area contributed by atoms with Crippen molar-refractivity contribution >= 4 is 20.2 Å². The molecule has 0 heterocycles. The van der Waals surface area contributed by atoms with Gasteiger partial charge in [0.1, 0.15) is 0 Å². The summed E-state index contributed by atoms with van der Waals surface area (Å²) in [5, 5.41) is 0. The first kappa shape index (κ1) is 29.0. The minimum absolute atomic E-state index is 0.354. The molecule has 27 heavy (non-hydrogen) atoms. The van der Waals surface area contributed by atoms with Crippen LogP contribution in [0.25, 0.3) is 0 Å². The van der Waals surface area contributed by atoms with Gasteiger partial charge in [0.2, 0.25) is 0 Å². The molecule has 0 spiro atoms. The molecule has 0 atom stereocenters. The van der Waals surface area contributed by atoms with E-state index in [0.717, 1.165) is 0 Å². The van der Waals surface area contributed by atoms with Gasteiger partial charge < -0.3 is 0 Å². The fraction of sp³-hybridized carbons (Fsp3) is 0.667. The molecular weight excluding hydrogens is 509 g/mol. The van der Waals surface area contributed by atoms with Crippen LogP contribution in [0.4, 0.5) is 26.3 Å². The molecule has 0 saturated carbocycles. The van der Waals surface area contributed by atoms with Crippen molar-refractivity contribution in [1.82, 2.24) is 0 Å². The van der Waals surface area contributed by atoms with Crippen LogP contribution in [0.1, 0.15) is 34.6 Å². The predicted molar refractivity (Wildman–Crippen MR) is 80.1 cm³/mol. The van der Waals surface area contributed by atoms with Crippen LogP contribution in [0.2, 0.25) is 0 Å². The third kappa shape index (κ3) is 8.34. The van der Waals surface area contributed by atoms with Crippen molar-refractivity contribution in [1.29, 1.82) is 0 Å². The molecule has 0 aromatic rings. The standard InChI is InChI=1S/C10H15.2CHF3O3S.Zr/c1-7-6-10(4,5)9(3)8(7)2;2*2-1(3,4)8(5,6)7;/h1-5H3;2*(H,5,6,7);. The van der Waals surface area contributed by atoms with E-state index >= 15 is 0 Å². The van der Waals surface area contributed by atoms with Gasteiger partial charge in [0.05, 0.1) is 0 Å². The second kappa shape index (κ2) is 9.06. The van der Waals surface area contributed by atoms with Crippen molar-refractivity contribution < 1.29 is 77.0 Å². The summed E-state index contributed by atoms with van der Waals surface area (Å²) in [5.41, 5.74) is -6.11. The molecule has 2 N–H and O–H groups in total. The van der Waals surface area contributed by atoms with Gasteiger partial charge in [-0.3, -0.25) is 9.11 Å². The first-order valence-corrected chi connectivity index (χ1v) is 10.7. The van der Waals surface area contributed by atoms with E-state index in [1.807, 2.05) is 0 Å². The van der Waals surface area contributed by atoms with Gasteiger partial charge in [-0.2, -0.15) is 43.2 Å². The summed E-state index contributed by atoms with van der Waals surface area (Å²) in [7, 11) is -11.7. The fourth-order valence-electron chi connectivity index (χ4n) is 1.59. The Morgan fingerprint density at radius 1 is 0.778 bits per heavy atom. The predicted octanol–water partition coefficient (Wildman–Crippen LogP) is 3.97. The van der Waals surface area contributed by atoms with Gasteiger partial charge in [-0.15, -0.1) is 0 Å². The minimum atomic E-state index is -5.84. The Bertz CT molecular complexity index is 751. The van der Waals surface area contributed by atoms with E-state index in [2.05, 4.69) is 34.6 Å². The van der Waals surface area contributed by atoms with Gasteiger partial charge >= 0.3 is 116 Å². The van der Waals surface area contributed by atoms with E-state index in [-0.39, 0.29) is 0 Å². The Hall–Kier alpha value is -0.237. The van der Waals surface area contributed by atoms with Crippen molar-refractivity contribution in [3.05, 3.63) is 20.0 Å². The Balaban J connectivity index is 0. The van der Waals surface area contributed by atoms with Crippen molar-refractivity contribution in [2.45, 2.75) is 45.6 Å². The molecule has 0 fully saturated rings. The maximum atomic E-state index is 10.7. The van der Waals surface area contributed by atoms with Crippen LogP contribution in [-0.2, 0) is 45.0 Å². The Labute approximate surface area is 168 Å². The average molecular weight is 527 g/mol. The van der Waals surface area contributed by atoms with Crippen LogP contribution >= 0.6 is 0 Å². The maximum absolute atomic E-state index is 10.7. The van der Waals surface area contributed by atoms with Gasteiger partial charge in [0.25, 0.3) is 0 Å². The molecule has 1 aliphatic rings. The van der Waals surface area contributed by atoms with E-state index in [1.165, 1.54) is 11.1 Å². The molecule has 0 bridgehead atoms. The summed E-state index contributed by atoms with van der Waals surface area (Å²) in [5.74, 6) is 0. The molecule has 0 unspecified atom stereocenters. The molecular formula is C12H17F6O6S2Zr. The third-order valence-electron chi connectivity index (χ3n) is 3.65. The summed E-state index contributed by atoms with van der Waals surface area (Å²) in [6, 6.07) is 0. The number of alkyl halides is 6. The topological polar surface area (TPSA) is 109 Å². The largest absolute Gasteiger partial charge is 0.522 e. The monoisotopic (exact) mass is 525 g/mol. The van der Waals surface area contributed by atoms with E-state index in [4.69, 9.17) is 25.9 Å². The van der Waals surface area contributed by atoms with Gasteiger partial charge in [-0.1, -0.05) is 0 Å². The third-order valence-corrected chi connectivity index (χ3v) is 7.28. The van der Waals surface area contributed by atoms with Crippen LogP contribution in [0.3, 0.4) is 0 Å². The molecule has 6 nitrogen and oxygen atoms in total. The maximum Gasteiger partial charge on any atom is 0.522 e. The minimum Gasteiger partial charge on any atom is -0.279 e. The summed E-state index contributed by atoms with van der Waals surface area (Å²) in [6.45, 7) is 11.4. The van der Waals surface area contributed by atoms with Crippen LogP contribution in [0, 0.1) is 5.41 Å². The smallest absolute Gasteiger partial charge is 0.279 e. The second-order valence-electron chi connectivity index (χ2n) is 5.72. The first-order valence-electron chi connectivity index (χ1n) is 6.57. The van der Waals surface area contributed by atoms with Crippen LogP contribution in [0.15, 0.2) is 20.0 Å². The molecule has 1 aliphatic carbocycles. The van der Waals surface area contributed by atoms with Crippen molar-refractivity contribution in [3.8, 4) is 0 Å². The SMILES string of the molecule is CC1=C(C)C(C)(C)[C]([Zr])=C1C.O=S(=O)(O)C(F)(F)F.O=S(=O)(O)C(F)(F)F. The fourth-order valence-corrected chi connectivity index (χ4v) is 2.52. The van der Waals surface area contributed by atoms with Crippen LogP contribution < -0.4 is 0 Å². The van der Waals surface area contributed by atoms with E-state index in [1.54, 1.807) is 33.6 Å². The van der Waals surface area contributed by atoms with Gasteiger partial charge in [0, 0.05) is 0 Å². The summed E-state index contributed by atoms with van der Waals surface area (Å²) < 4.78 is 117. The Kier molecular flexibility index (Phi) is 9.72. The van der Waals surface area contributed by atoms with Gasteiger partial charge in [-0.25, -0.2) is 0 Å². The average Bonchev–Trinajstić information content (AvgIpc) is 2.51. The molecule has 0 amide bonds. The molecule has 0 aromatic carbocycles. The molecule has 0 aromatic heterocycles. The van der Waals surface area contributed by atoms with Gasteiger partial charge in [0.15, 0.2) is 0 Å².